The molecule has 3 rings (SSSR count). The number of aromatic carboxylic acids is 1. The van der Waals surface area contributed by atoms with Crippen molar-refractivity contribution in [3.63, 3.8) is 0 Å². The summed E-state index contributed by atoms with van der Waals surface area (Å²) >= 11 is 0. The Kier molecular flexibility index (Phi) is 3.20. The van der Waals surface area contributed by atoms with Gasteiger partial charge in [-0.2, -0.15) is 0 Å². The lowest BCUT2D eigenvalue weighted by Gasteiger charge is -2.51. The summed E-state index contributed by atoms with van der Waals surface area (Å²) in [6.45, 7) is 7.05. The predicted molar refractivity (Wildman–Crippen MR) is 77.3 cm³/mol. The lowest BCUT2D eigenvalue weighted by Crippen LogP contribution is -2.51. The first-order valence-electron chi connectivity index (χ1n) is 7.15. The Labute approximate surface area is 122 Å². The molecule has 1 aliphatic rings. The fourth-order valence-electron chi connectivity index (χ4n) is 3.07. The first-order valence-corrected chi connectivity index (χ1v) is 7.15. The number of carboxylic acid groups (broad SMARTS) is 1. The summed E-state index contributed by atoms with van der Waals surface area (Å²) in [6.07, 6.45) is 1.13. The number of hydrogen-bond acceptors (Lipinski definition) is 4. The van der Waals surface area contributed by atoms with Crippen LogP contribution in [0.2, 0.25) is 0 Å². The zero-order valence-electron chi connectivity index (χ0n) is 12.4. The molecule has 1 aromatic carbocycles. The predicted octanol–water partition coefficient (Wildman–Crippen LogP) is 2.51. The molecule has 1 aromatic heterocycles. The molecule has 2 unspecified atom stereocenters. The Morgan fingerprint density at radius 2 is 2.29 bits per heavy atom. The molecule has 1 fully saturated rings. The van der Waals surface area contributed by atoms with Crippen LogP contribution in [0.1, 0.15) is 43.6 Å². The monoisotopic (exact) mass is 289 g/mol. The fourth-order valence-corrected chi connectivity index (χ4v) is 3.07. The van der Waals surface area contributed by atoms with Crippen LogP contribution in [-0.2, 0) is 4.74 Å². The molecule has 0 aliphatic heterocycles. The summed E-state index contributed by atoms with van der Waals surface area (Å²) < 4.78 is 7.64. The first-order chi connectivity index (χ1) is 9.95. The molecular weight excluding hydrogens is 270 g/mol. The van der Waals surface area contributed by atoms with Crippen molar-refractivity contribution in [2.24, 2.45) is 5.41 Å². The van der Waals surface area contributed by atoms with Gasteiger partial charge in [0.1, 0.15) is 5.52 Å². The average molecular weight is 289 g/mol. The van der Waals surface area contributed by atoms with E-state index in [1.807, 2.05) is 11.6 Å². The van der Waals surface area contributed by atoms with Gasteiger partial charge in [0.05, 0.1) is 23.2 Å². The summed E-state index contributed by atoms with van der Waals surface area (Å²) in [4.78, 5) is 11.0. The molecule has 1 saturated carbocycles. The van der Waals surface area contributed by atoms with Crippen molar-refractivity contribution >= 4 is 17.0 Å². The molecule has 1 N–H and O–H groups in total. The molecule has 6 heteroatoms. The van der Waals surface area contributed by atoms with Crippen LogP contribution in [0.15, 0.2) is 18.2 Å². The summed E-state index contributed by atoms with van der Waals surface area (Å²) in [5.41, 5.74) is 1.70. The van der Waals surface area contributed by atoms with E-state index in [4.69, 9.17) is 9.84 Å². The minimum absolute atomic E-state index is 0.0118. The summed E-state index contributed by atoms with van der Waals surface area (Å²) in [5.74, 6) is -0.952. The number of fused-ring (bicyclic) bond motifs is 1. The maximum atomic E-state index is 11.0. The molecule has 6 nitrogen and oxygen atoms in total. The van der Waals surface area contributed by atoms with E-state index in [-0.39, 0.29) is 23.1 Å². The molecule has 1 aliphatic carbocycles. The maximum Gasteiger partial charge on any atom is 0.335 e. The second-order valence-corrected chi connectivity index (χ2v) is 6.06. The van der Waals surface area contributed by atoms with Crippen molar-refractivity contribution in [2.45, 2.75) is 39.3 Å². The minimum Gasteiger partial charge on any atom is -0.478 e. The third-order valence-electron chi connectivity index (χ3n) is 4.51. The van der Waals surface area contributed by atoms with Crippen LogP contribution in [0.4, 0.5) is 0 Å². The third-order valence-corrected chi connectivity index (χ3v) is 4.51. The van der Waals surface area contributed by atoms with Crippen molar-refractivity contribution in [3.05, 3.63) is 23.8 Å². The molecular formula is C15H19N3O3. The van der Waals surface area contributed by atoms with Crippen LogP contribution in [0.5, 0.6) is 0 Å². The molecule has 1 heterocycles. The van der Waals surface area contributed by atoms with Crippen molar-refractivity contribution in [2.75, 3.05) is 6.61 Å². The van der Waals surface area contributed by atoms with Crippen LogP contribution in [0.25, 0.3) is 11.0 Å². The number of ether oxygens (including phenoxy) is 1. The second kappa shape index (κ2) is 4.80. The van der Waals surface area contributed by atoms with Crippen LogP contribution in [0.3, 0.4) is 0 Å². The molecule has 0 bridgehead atoms. The Bertz CT molecular complexity index is 693. The van der Waals surface area contributed by atoms with E-state index in [1.54, 1.807) is 18.2 Å². The number of rotatable bonds is 4. The average Bonchev–Trinajstić information content (AvgIpc) is 2.85. The number of nitrogens with zero attached hydrogens (tertiary/aromatic N) is 3. The highest BCUT2D eigenvalue weighted by Gasteiger charge is 2.50. The minimum atomic E-state index is -0.952. The lowest BCUT2D eigenvalue weighted by atomic mass is 9.64. The van der Waals surface area contributed by atoms with E-state index in [9.17, 15) is 4.79 Å². The maximum absolute atomic E-state index is 11.0. The molecule has 112 valence electrons. The van der Waals surface area contributed by atoms with Gasteiger partial charge in [-0.15, -0.1) is 5.10 Å². The number of carboxylic acids is 1. The summed E-state index contributed by atoms with van der Waals surface area (Å²) in [6, 6.07) is 5.15. The number of hydrogen-bond donors (Lipinski definition) is 1. The van der Waals surface area contributed by atoms with E-state index in [1.165, 1.54) is 0 Å². The number of carbonyl (C=O) groups is 1. The Morgan fingerprint density at radius 3 is 2.90 bits per heavy atom. The Hall–Kier alpha value is -1.95. The van der Waals surface area contributed by atoms with Gasteiger partial charge in [0.2, 0.25) is 0 Å². The van der Waals surface area contributed by atoms with E-state index >= 15 is 0 Å². The van der Waals surface area contributed by atoms with Gasteiger partial charge in [-0.1, -0.05) is 19.1 Å². The molecule has 0 amide bonds. The smallest absolute Gasteiger partial charge is 0.335 e. The highest BCUT2D eigenvalue weighted by atomic mass is 16.5. The number of benzene rings is 1. The van der Waals surface area contributed by atoms with Crippen LogP contribution >= 0.6 is 0 Å². The van der Waals surface area contributed by atoms with Crippen molar-refractivity contribution in [1.82, 2.24) is 15.0 Å². The van der Waals surface area contributed by atoms with E-state index in [0.717, 1.165) is 11.9 Å². The molecule has 2 aromatic rings. The third kappa shape index (κ3) is 2.10. The summed E-state index contributed by atoms with van der Waals surface area (Å²) in [7, 11) is 0. The normalized spacial score (nSPS) is 24.0. The van der Waals surface area contributed by atoms with E-state index in [2.05, 4.69) is 24.2 Å². The van der Waals surface area contributed by atoms with Gasteiger partial charge in [0, 0.05) is 12.0 Å². The summed E-state index contributed by atoms with van der Waals surface area (Å²) in [5, 5.41) is 17.4. The van der Waals surface area contributed by atoms with Crippen LogP contribution in [0, 0.1) is 5.41 Å². The quantitative estimate of drug-likeness (QED) is 0.935. The molecule has 21 heavy (non-hydrogen) atoms. The first kappa shape index (κ1) is 14.0. The largest absolute Gasteiger partial charge is 0.478 e. The molecule has 0 spiro atoms. The molecule has 0 saturated heterocycles. The fraction of sp³-hybridized carbons (Fsp3) is 0.533. The van der Waals surface area contributed by atoms with E-state index in [0.29, 0.717) is 12.1 Å². The van der Waals surface area contributed by atoms with Crippen molar-refractivity contribution in [3.8, 4) is 0 Å². The van der Waals surface area contributed by atoms with Crippen LogP contribution < -0.4 is 0 Å². The Morgan fingerprint density at radius 1 is 1.52 bits per heavy atom. The second-order valence-electron chi connectivity index (χ2n) is 6.06. The van der Waals surface area contributed by atoms with Crippen molar-refractivity contribution < 1.29 is 14.6 Å². The Balaban J connectivity index is 1.94. The van der Waals surface area contributed by atoms with Gasteiger partial charge in [0.25, 0.3) is 0 Å². The standard InChI is InChI=1S/C15H19N3O3/c1-4-21-13-8-12(15(13,2)3)18-11-6-5-9(14(19)20)7-10(11)16-17-18/h5-7,12-13H,4,8H2,1-3H3,(H,19,20). The zero-order chi connectivity index (χ0) is 15.2. The van der Waals surface area contributed by atoms with Gasteiger partial charge >= 0.3 is 5.97 Å². The van der Waals surface area contributed by atoms with Crippen molar-refractivity contribution in [1.29, 1.82) is 0 Å². The van der Waals surface area contributed by atoms with Gasteiger partial charge in [-0.25, -0.2) is 9.48 Å². The lowest BCUT2D eigenvalue weighted by molar-refractivity contribution is -0.130. The SMILES string of the molecule is CCOC1CC(n2nnc3cc(C(=O)O)ccc32)C1(C)C. The van der Waals surface area contributed by atoms with E-state index < -0.39 is 5.97 Å². The number of aromatic nitrogens is 3. The highest BCUT2D eigenvalue weighted by molar-refractivity contribution is 5.92. The molecule has 0 radical (unpaired) electrons. The van der Waals surface area contributed by atoms with Gasteiger partial charge < -0.3 is 9.84 Å². The van der Waals surface area contributed by atoms with Gasteiger partial charge in [-0.05, 0) is 31.5 Å². The van der Waals surface area contributed by atoms with Gasteiger partial charge in [0.15, 0.2) is 0 Å². The van der Waals surface area contributed by atoms with Gasteiger partial charge in [-0.3, -0.25) is 0 Å². The van der Waals surface area contributed by atoms with Crippen LogP contribution in [-0.4, -0.2) is 38.8 Å². The zero-order valence-corrected chi connectivity index (χ0v) is 12.4. The molecule has 2 atom stereocenters. The highest BCUT2D eigenvalue weighted by Crippen LogP contribution is 2.51. The topological polar surface area (TPSA) is 77.2 Å².